The molecule has 0 unspecified atom stereocenters. The van der Waals surface area contributed by atoms with Gasteiger partial charge in [0, 0.05) is 56.5 Å². The number of carbonyl (C=O) groups excluding carboxylic acids is 2. The Hall–Kier alpha value is -4.22. The van der Waals surface area contributed by atoms with Crippen molar-refractivity contribution in [3.63, 3.8) is 0 Å². The normalized spacial score (nSPS) is 19.8. The topological polar surface area (TPSA) is 147 Å². The fraction of sp³-hybridized carbons (Fsp3) is 0.481. The van der Waals surface area contributed by atoms with Gasteiger partial charge >= 0.3 is 0 Å². The summed E-state index contributed by atoms with van der Waals surface area (Å²) in [4.78, 5) is 41.5. The van der Waals surface area contributed by atoms with Gasteiger partial charge in [0.1, 0.15) is 12.1 Å². The summed E-state index contributed by atoms with van der Waals surface area (Å²) < 4.78 is 1.47. The Morgan fingerprint density at radius 1 is 0.949 bits per heavy atom. The largest absolute Gasteiger partial charge is 0.368 e. The van der Waals surface area contributed by atoms with E-state index < -0.39 is 0 Å². The molecule has 1 saturated carbocycles. The lowest BCUT2D eigenvalue weighted by molar-refractivity contribution is -0.128. The van der Waals surface area contributed by atoms with Crippen molar-refractivity contribution >= 4 is 40.9 Å². The molecule has 0 bridgehead atoms. The summed E-state index contributed by atoms with van der Waals surface area (Å²) in [6.45, 7) is 6.71. The second kappa shape index (κ2) is 11.7. The zero-order valence-electron chi connectivity index (χ0n) is 22.5. The molecule has 0 atom stereocenters. The third-order valence-electron chi connectivity index (χ3n) is 7.55. The number of nitrogens with one attached hydrogen (secondary N) is 2. The third kappa shape index (κ3) is 6.44. The lowest BCUT2D eigenvalue weighted by Crippen LogP contribution is -2.33. The van der Waals surface area contributed by atoms with Gasteiger partial charge in [0.15, 0.2) is 5.82 Å². The van der Waals surface area contributed by atoms with Crippen molar-refractivity contribution in [2.24, 2.45) is 11.8 Å². The molecule has 0 radical (unpaired) electrons. The Labute approximate surface area is 228 Å². The molecule has 3 heterocycles. The number of anilines is 5. The van der Waals surface area contributed by atoms with Gasteiger partial charge in [-0.2, -0.15) is 9.67 Å². The van der Waals surface area contributed by atoms with Crippen LogP contribution < -0.4 is 21.3 Å². The third-order valence-corrected chi connectivity index (χ3v) is 7.55. The number of nitrogens with zero attached hydrogens (tertiary/aromatic N) is 7. The van der Waals surface area contributed by atoms with Gasteiger partial charge in [0.2, 0.25) is 23.7 Å². The van der Waals surface area contributed by atoms with E-state index in [0.717, 1.165) is 62.4 Å². The zero-order valence-corrected chi connectivity index (χ0v) is 22.5. The predicted octanol–water partition coefficient (Wildman–Crippen LogP) is 3.21. The van der Waals surface area contributed by atoms with Crippen LogP contribution in [0.2, 0.25) is 0 Å². The SMILES string of the molecule is CC(=O)N1CCCN(c2cc(-n3nc(Nc4ccc(NC(=O)C5CCC(C)CC5)cc4)nc3N)ncn2)CC1. The molecule has 12 heteroatoms. The number of amides is 2. The minimum Gasteiger partial charge on any atom is -0.368 e. The average molecular weight is 533 g/mol. The highest BCUT2D eigenvalue weighted by molar-refractivity contribution is 5.92. The van der Waals surface area contributed by atoms with Crippen molar-refractivity contribution < 1.29 is 9.59 Å². The molecule has 2 amide bonds. The molecular formula is C27H36N10O2. The van der Waals surface area contributed by atoms with E-state index in [-0.39, 0.29) is 23.7 Å². The molecule has 1 aromatic carbocycles. The monoisotopic (exact) mass is 532 g/mol. The summed E-state index contributed by atoms with van der Waals surface area (Å²) in [7, 11) is 0. The van der Waals surface area contributed by atoms with Crippen molar-refractivity contribution in [1.82, 2.24) is 29.6 Å². The van der Waals surface area contributed by atoms with Crippen molar-refractivity contribution in [3.8, 4) is 5.82 Å². The smallest absolute Gasteiger partial charge is 0.248 e. The van der Waals surface area contributed by atoms with Crippen LogP contribution in [0.4, 0.5) is 29.1 Å². The fourth-order valence-corrected chi connectivity index (χ4v) is 5.17. The maximum atomic E-state index is 12.6. The highest BCUT2D eigenvalue weighted by Gasteiger charge is 2.24. The Bertz CT molecular complexity index is 1300. The summed E-state index contributed by atoms with van der Waals surface area (Å²) in [6, 6.07) is 9.26. The van der Waals surface area contributed by atoms with Gasteiger partial charge < -0.3 is 26.2 Å². The highest BCUT2D eigenvalue weighted by Crippen LogP contribution is 2.29. The second-order valence-electron chi connectivity index (χ2n) is 10.4. The Morgan fingerprint density at radius 3 is 2.41 bits per heavy atom. The Kier molecular flexibility index (Phi) is 7.89. The minimum absolute atomic E-state index is 0.0872. The summed E-state index contributed by atoms with van der Waals surface area (Å²) in [5.74, 6) is 2.74. The Morgan fingerprint density at radius 2 is 1.67 bits per heavy atom. The van der Waals surface area contributed by atoms with E-state index in [2.05, 4.69) is 42.5 Å². The number of benzene rings is 1. The zero-order chi connectivity index (χ0) is 27.4. The first-order valence-electron chi connectivity index (χ1n) is 13.6. The van der Waals surface area contributed by atoms with Crippen molar-refractivity contribution in [2.75, 3.05) is 47.4 Å². The van der Waals surface area contributed by atoms with E-state index >= 15 is 0 Å². The van der Waals surface area contributed by atoms with E-state index in [1.165, 1.54) is 11.0 Å². The molecule has 0 spiro atoms. The summed E-state index contributed by atoms with van der Waals surface area (Å²) in [5.41, 5.74) is 7.70. The second-order valence-corrected chi connectivity index (χ2v) is 10.4. The molecule has 1 aliphatic carbocycles. The standard InChI is InChI=1S/C27H36N10O2/c1-18-4-6-20(7-5-18)25(39)31-21-8-10-22(11-9-21)32-27-33-26(28)37(34-27)24-16-23(29-17-30-24)36-13-3-12-35(14-15-36)19(2)38/h8-11,16-18,20H,3-7,12-15H2,1-2H3,(H,31,39)(H3,28,32,33,34). The van der Waals surface area contributed by atoms with Crippen LogP contribution in [0.15, 0.2) is 36.7 Å². The number of carbonyl (C=O) groups is 2. The number of hydrogen-bond donors (Lipinski definition) is 3. The number of nitrogen functional groups attached to an aromatic ring is 1. The quantitative estimate of drug-likeness (QED) is 0.435. The predicted molar refractivity (Wildman–Crippen MR) is 150 cm³/mol. The maximum Gasteiger partial charge on any atom is 0.248 e. The lowest BCUT2D eigenvalue weighted by Gasteiger charge is -2.25. The average Bonchev–Trinajstić information content (AvgIpc) is 3.12. The van der Waals surface area contributed by atoms with Crippen LogP contribution in [0.3, 0.4) is 0 Å². The van der Waals surface area contributed by atoms with Gasteiger partial charge in [-0.3, -0.25) is 9.59 Å². The molecule has 1 saturated heterocycles. The van der Waals surface area contributed by atoms with Gasteiger partial charge in [-0.15, -0.1) is 5.10 Å². The number of nitrogens with two attached hydrogens (primary N) is 1. The molecule has 2 fully saturated rings. The molecule has 39 heavy (non-hydrogen) atoms. The van der Waals surface area contributed by atoms with E-state index in [1.54, 1.807) is 6.92 Å². The summed E-state index contributed by atoms with van der Waals surface area (Å²) in [5, 5.41) is 10.7. The molecule has 3 aromatic rings. The highest BCUT2D eigenvalue weighted by atomic mass is 16.2. The minimum atomic E-state index is 0.0872. The molecular weight excluding hydrogens is 496 g/mol. The first-order valence-corrected chi connectivity index (χ1v) is 13.6. The number of hydrogen-bond acceptors (Lipinski definition) is 9. The van der Waals surface area contributed by atoms with Gasteiger partial charge in [0.25, 0.3) is 0 Å². The van der Waals surface area contributed by atoms with Crippen LogP contribution >= 0.6 is 0 Å². The van der Waals surface area contributed by atoms with E-state index in [4.69, 9.17) is 5.73 Å². The van der Waals surface area contributed by atoms with Crippen LogP contribution in [-0.2, 0) is 9.59 Å². The molecule has 5 rings (SSSR count). The molecule has 2 aromatic heterocycles. The number of aromatic nitrogens is 5. The molecule has 2 aliphatic rings. The molecule has 1 aliphatic heterocycles. The first-order chi connectivity index (χ1) is 18.9. The molecule has 4 N–H and O–H groups in total. The summed E-state index contributed by atoms with van der Waals surface area (Å²) in [6.07, 6.45) is 6.46. The van der Waals surface area contributed by atoms with Crippen LogP contribution in [0.25, 0.3) is 5.82 Å². The van der Waals surface area contributed by atoms with Gasteiger partial charge in [-0.25, -0.2) is 9.97 Å². The van der Waals surface area contributed by atoms with Crippen LogP contribution in [0, 0.1) is 11.8 Å². The van der Waals surface area contributed by atoms with Crippen LogP contribution in [0.1, 0.15) is 46.0 Å². The lowest BCUT2D eigenvalue weighted by atomic mass is 9.82. The van der Waals surface area contributed by atoms with E-state index in [0.29, 0.717) is 30.8 Å². The molecule has 12 nitrogen and oxygen atoms in total. The fourth-order valence-electron chi connectivity index (χ4n) is 5.17. The van der Waals surface area contributed by atoms with Gasteiger partial charge in [0.05, 0.1) is 0 Å². The first kappa shape index (κ1) is 26.4. The van der Waals surface area contributed by atoms with Crippen molar-refractivity contribution in [2.45, 2.75) is 46.0 Å². The maximum absolute atomic E-state index is 12.6. The van der Waals surface area contributed by atoms with Crippen LogP contribution in [-0.4, -0.2) is 67.6 Å². The van der Waals surface area contributed by atoms with Crippen molar-refractivity contribution in [3.05, 3.63) is 36.7 Å². The van der Waals surface area contributed by atoms with E-state index in [9.17, 15) is 9.59 Å². The number of rotatable bonds is 6. The van der Waals surface area contributed by atoms with Crippen molar-refractivity contribution in [1.29, 1.82) is 0 Å². The summed E-state index contributed by atoms with van der Waals surface area (Å²) >= 11 is 0. The molecule has 206 valence electrons. The Balaban J connectivity index is 1.22. The van der Waals surface area contributed by atoms with E-state index in [1.807, 2.05) is 35.2 Å². The van der Waals surface area contributed by atoms with Gasteiger partial charge in [-0.1, -0.05) is 6.92 Å². The van der Waals surface area contributed by atoms with Crippen LogP contribution in [0.5, 0.6) is 0 Å². The van der Waals surface area contributed by atoms with Gasteiger partial charge in [-0.05, 0) is 62.3 Å².